The molecule has 1 nitrogen and oxygen atoms in total. The van der Waals surface area contributed by atoms with Gasteiger partial charge in [0.05, 0.1) is 0 Å². The van der Waals surface area contributed by atoms with E-state index in [1.807, 2.05) is 6.92 Å². The van der Waals surface area contributed by atoms with Gasteiger partial charge in [-0.2, -0.15) is 0 Å². The van der Waals surface area contributed by atoms with E-state index in [-0.39, 0.29) is 0 Å². The van der Waals surface area contributed by atoms with Crippen molar-refractivity contribution in [3.63, 3.8) is 0 Å². The maximum absolute atomic E-state index is 5.71. The monoisotopic (exact) mass is 312 g/mol. The predicted molar refractivity (Wildman–Crippen MR) is 101 cm³/mol. The molecule has 0 radical (unpaired) electrons. The number of hydrogen-bond acceptors (Lipinski definition) is 1. The number of ether oxygens (including phenoxy) is 1. The first-order valence-corrected chi connectivity index (χ1v) is 9.86. The molecule has 0 aliphatic heterocycles. The zero-order valence-corrected chi connectivity index (χ0v) is 14.6. The summed E-state index contributed by atoms with van der Waals surface area (Å²) in [6.45, 7) is 4.29. The molecular formula is C20H25OP. The average Bonchev–Trinajstić information content (AvgIpc) is 2.59. The molecule has 0 atom stereocenters. The van der Waals surface area contributed by atoms with Crippen LogP contribution in [0.15, 0.2) is 84.2 Å². The summed E-state index contributed by atoms with van der Waals surface area (Å²) in [6.07, 6.45) is 7.19. The maximum atomic E-state index is 5.71. The molecule has 22 heavy (non-hydrogen) atoms. The van der Waals surface area contributed by atoms with Gasteiger partial charge in [0, 0.05) is 0 Å². The van der Waals surface area contributed by atoms with E-state index in [1.165, 1.54) is 15.9 Å². The van der Waals surface area contributed by atoms with Crippen molar-refractivity contribution in [1.29, 1.82) is 0 Å². The van der Waals surface area contributed by atoms with Crippen LogP contribution in [-0.4, -0.2) is 13.5 Å². The van der Waals surface area contributed by atoms with Crippen LogP contribution in [0.2, 0.25) is 0 Å². The van der Waals surface area contributed by atoms with Gasteiger partial charge in [-0.05, 0) is 0 Å². The molecule has 0 saturated heterocycles. The molecule has 2 heteroatoms. The quantitative estimate of drug-likeness (QED) is 0.565. The molecule has 2 rings (SSSR count). The van der Waals surface area contributed by atoms with Gasteiger partial charge in [-0.1, -0.05) is 0 Å². The van der Waals surface area contributed by atoms with Gasteiger partial charge in [-0.3, -0.25) is 0 Å². The van der Waals surface area contributed by atoms with Crippen LogP contribution in [0.3, 0.4) is 0 Å². The van der Waals surface area contributed by atoms with Crippen molar-refractivity contribution in [2.75, 3.05) is 13.5 Å². The Kier molecular flexibility index (Phi) is 6.12. The van der Waals surface area contributed by atoms with E-state index in [9.17, 15) is 0 Å². The molecule has 116 valence electrons. The molecule has 0 saturated carbocycles. The second-order valence-electron chi connectivity index (χ2n) is 5.45. The van der Waals surface area contributed by atoms with Gasteiger partial charge in [0.1, 0.15) is 0 Å². The molecule has 2 aromatic rings. The van der Waals surface area contributed by atoms with Crippen LogP contribution in [0.25, 0.3) is 0 Å². The minimum atomic E-state index is -2.10. The molecule has 0 aliphatic rings. The normalized spacial score (nSPS) is 13.5. The average molecular weight is 312 g/mol. The standard InChI is InChI=1S/C20H25OP/c1-4-5-12-18(2)22(17-21-3,19-13-8-6-9-14-19)20-15-10-7-11-16-20/h4-16,22H,17H2,1-3H3/b5-4-,18-12+. The molecule has 0 fully saturated rings. The third kappa shape index (κ3) is 3.38. The Balaban J connectivity index is 2.70. The number of rotatable bonds is 6. The van der Waals surface area contributed by atoms with E-state index in [4.69, 9.17) is 4.74 Å². The topological polar surface area (TPSA) is 9.23 Å². The Morgan fingerprint density at radius 1 is 0.955 bits per heavy atom. The molecule has 0 spiro atoms. The molecular weight excluding hydrogens is 287 g/mol. The van der Waals surface area contributed by atoms with Crippen molar-refractivity contribution in [3.8, 4) is 0 Å². The Morgan fingerprint density at radius 3 is 1.86 bits per heavy atom. The van der Waals surface area contributed by atoms with Crippen molar-refractivity contribution >= 4 is 17.9 Å². The van der Waals surface area contributed by atoms with Crippen LogP contribution >= 0.6 is 7.26 Å². The van der Waals surface area contributed by atoms with Gasteiger partial charge in [-0.15, -0.1) is 0 Å². The van der Waals surface area contributed by atoms with E-state index < -0.39 is 7.26 Å². The molecule has 0 aromatic heterocycles. The number of hydrogen-bond donors (Lipinski definition) is 0. The van der Waals surface area contributed by atoms with Crippen LogP contribution in [0.1, 0.15) is 13.8 Å². The first kappa shape index (κ1) is 16.7. The second-order valence-corrected chi connectivity index (χ2v) is 9.49. The van der Waals surface area contributed by atoms with Gasteiger partial charge in [0.25, 0.3) is 0 Å². The number of benzene rings is 2. The summed E-state index contributed by atoms with van der Waals surface area (Å²) in [5, 5.41) is 4.19. The third-order valence-electron chi connectivity index (χ3n) is 4.11. The van der Waals surface area contributed by atoms with Crippen LogP contribution in [0, 0.1) is 0 Å². The van der Waals surface area contributed by atoms with E-state index >= 15 is 0 Å². The molecule has 0 unspecified atom stereocenters. The zero-order chi connectivity index (χ0) is 15.8. The molecule has 0 bridgehead atoms. The number of allylic oxidation sites excluding steroid dienone is 4. The van der Waals surface area contributed by atoms with Crippen LogP contribution in [0.5, 0.6) is 0 Å². The summed E-state index contributed by atoms with van der Waals surface area (Å²) in [4.78, 5) is 0. The van der Waals surface area contributed by atoms with Gasteiger partial charge in [0.15, 0.2) is 0 Å². The Labute approximate surface area is 134 Å². The fraction of sp³-hybridized carbons (Fsp3) is 0.200. The second kappa shape index (κ2) is 8.08. The summed E-state index contributed by atoms with van der Waals surface area (Å²) in [5.41, 5.74) is 0. The van der Waals surface area contributed by atoms with E-state index in [2.05, 4.69) is 85.8 Å². The van der Waals surface area contributed by atoms with Crippen molar-refractivity contribution in [2.24, 2.45) is 0 Å². The van der Waals surface area contributed by atoms with Gasteiger partial charge < -0.3 is 0 Å². The van der Waals surface area contributed by atoms with Crippen molar-refractivity contribution in [2.45, 2.75) is 13.8 Å². The Bertz CT molecular complexity index is 590. The van der Waals surface area contributed by atoms with E-state index in [0.29, 0.717) is 0 Å². The van der Waals surface area contributed by atoms with E-state index in [1.54, 1.807) is 7.11 Å². The Morgan fingerprint density at radius 2 is 1.45 bits per heavy atom. The first-order valence-electron chi connectivity index (χ1n) is 7.65. The van der Waals surface area contributed by atoms with Crippen molar-refractivity contribution in [1.82, 2.24) is 0 Å². The summed E-state index contributed by atoms with van der Waals surface area (Å²) in [5.74, 6) is 0. The SMILES string of the molecule is C/C=C\C=C(/C)[PH](COC)(c1ccccc1)c1ccccc1. The Hall–Kier alpha value is -1.69. The molecule has 0 amide bonds. The first-order chi connectivity index (χ1) is 10.8. The summed E-state index contributed by atoms with van der Waals surface area (Å²) in [6, 6.07) is 21.6. The molecule has 0 N–H and O–H groups in total. The molecule has 0 heterocycles. The summed E-state index contributed by atoms with van der Waals surface area (Å²) < 4.78 is 5.71. The number of methoxy groups -OCH3 is 1. The fourth-order valence-corrected chi connectivity index (χ4v) is 7.09. The van der Waals surface area contributed by atoms with Crippen LogP contribution in [0.4, 0.5) is 0 Å². The third-order valence-corrected chi connectivity index (χ3v) is 8.98. The van der Waals surface area contributed by atoms with Gasteiger partial charge >= 0.3 is 134 Å². The predicted octanol–water partition coefficient (Wildman–Crippen LogP) is 4.47. The van der Waals surface area contributed by atoms with Crippen molar-refractivity contribution in [3.05, 3.63) is 84.2 Å². The van der Waals surface area contributed by atoms with Crippen LogP contribution < -0.4 is 10.6 Å². The van der Waals surface area contributed by atoms with Gasteiger partial charge in [-0.25, -0.2) is 0 Å². The minimum absolute atomic E-state index is 0.751. The van der Waals surface area contributed by atoms with Gasteiger partial charge in [0.2, 0.25) is 0 Å². The summed E-state index contributed by atoms with van der Waals surface area (Å²) >= 11 is 0. The fourth-order valence-electron chi connectivity index (χ4n) is 2.95. The zero-order valence-electron chi connectivity index (χ0n) is 13.6. The van der Waals surface area contributed by atoms with Crippen LogP contribution in [-0.2, 0) is 4.74 Å². The van der Waals surface area contributed by atoms with E-state index in [0.717, 1.165) is 6.35 Å². The summed E-state index contributed by atoms with van der Waals surface area (Å²) in [7, 11) is -0.299. The van der Waals surface area contributed by atoms with Crippen molar-refractivity contribution < 1.29 is 4.74 Å². The molecule has 0 aliphatic carbocycles. The molecule has 2 aromatic carbocycles.